The predicted octanol–water partition coefficient (Wildman–Crippen LogP) is 1.70. The van der Waals surface area contributed by atoms with Gasteiger partial charge in [-0.05, 0) is 37.9 Å². The molecule has 88 valence electrons. The standard InChI is InChI=1S/C13H21N3/c1-11-5-4-7-15-13(11)10-16-8-3-2-6-12(16)9-14/h4-5,7,12H,2-3,6,8-10,14H2,1H3. The predicted molar refractivity (Wildman–Crippen MR) is 66.1 cm³/mol. The van der Waals surface area contributed by atoms with Gasteiger partial charge in [-0.3, -0.25) is 9.88 Å². The monoisotopic (exact) mass is 219 g/mol. The maximum absolute atomic E-state index is 5.82. The van der Waals surface area contributed by atoms with Crippen molar-refractivity contribution in [2.45, 2.75) is 38.8 Å². The highest BCUT2D eigenvalue weighted by molar-refractivity contribution is 5.17. The van der Waals surface area contributed by atoms with E-state index in [0.717, 1.165) is 19.6 Å². The fraction of sp³-hybridized carbons (Fsp3) is 0.615. The van der Waals surface area contributed by atoms with E-state index >= 15 is 0 Å². The minimum absolute atomic E-state index is 0.551. The summed E-state index contributed by atoms with van der Waals surface area (Å²) >= 11 is 0. The molecule has 1 saturated heterocycles. The zero-order chi connectivity index (χ0) is 11.4. The Morgan fingerprint density at radius 2 is 2.38 bits per heavy atom. The number of pyridine rings is 1. The second-order valence-electron chi connectivity index (χ2n) is 4.62. The average molecular weight is 219 g/mol. The van der Waals surface area contributed by atoms with Gasteiger partial charge in [0.05, 0.1) is 5.69 Å². The molecule has 2 rings (SSSR count). The summed E-state index contributed by atoms with van der Waals surface area (Å²) in [5, 5.41) is 0. The van der Waals surface area contributed by atoms with E-state index < -0.39 is 0 Å². The smallest absolute Gasteiger partial charge is 0.0573 e. The molecule has 0 aromatic carbocycles. The molecule has 1 aliphatic heterocycles. The summed E-state index contributed by atoms with van der Waals surface area (Å²) in [4.78, 5) is 6.94. The normalized spacial score (nSPS) is 22.2. The summed E-state index contributed by atoms with van der Waals surface area (Å²) in [5.41, 5.74) is 8.30. The van der Waals surface area contributed by atoms with Crippen molar-refractivity contribution in [2.24, 2.45) is 5.73 Å². The third kappa shape index (κ3) is 2.60. The maximum Gasteiger partial charge on any atom is 0.0573 e. The Bertz CT molecular complexity index is 338. The summed E-state index contributed by atoms with van der Waals surface area (Å²) in [5.74, 6) is 0. The molecular formula is C13H21N3. The van der Waals surface area contributed by atoms with Crippen LogP contribution in [0.25, 0.3) is 0 Å². The van der Waals surface area contributed by atoms with Gasteiger partial charge in [-0.15, -0.1) is 0 Å². The molecule has 0 saturated carbocycles. The molecule has 0 spiro atoms. The van der Waals surface area contributed by atoms with Crippen LogP contribution >= 0.6 is 0 Å². The highest BCUT2D eigenvalue weighted by Crippen LogP contribution is 2.19. The van der Waals surface area contributed by atoms with Crippen molar-refractivity contribution in [3.8, 4) is 0 Å². The molecule has 2 heterocycles. The second-order valence-corrected chi connectivity index (χ2v) is 4.62. The van der Waals surface area contributed by atoms with Crippen LogP contribution < -0.4 is 5.73 Å². The summed E-state index contributed by atoms with van der Waals surface area (Å²) in [6.07, 6.45) is 5.73. The molecule has 3 heteroatoms. The first-order valence-corrected chi connectivity index (χ1v) is 6.16. The molecule has 1 unspecified atom stereocenters. The number of likely N-dealkylation sites (tertiary alicyclic amines) is 1. The maximum atomic E-state index is 5.82. The van der Waals surface area contributed by atoms with Crippen molar-refractivity contribution in [2.75, 3.05) is 13.1 Å². The van der Waals surface area contributed by atoms with Crippen molar-refractivity contribution < 1.29 is 0 Å². The zero-order valence-corrected chi connectivity index (χ0v) is 10.0. The SMILES string of the molecule is Cc1cccnc1CN1CCCCC1CN. The highest BCUT2D eigenvalue weighted by atomic mass is 15.2. The van der Waals surface area contributed by atoms with E-state index in [4.69, 9.17) is 5.73 Å². The summed E-state index contributed by atoms with van der Waals surface area (Å²) in [7, 11) is 0. The number of piperidine rings is 1. The van der Waals surface area contributed by atoms with Gasteiger partial charge in [0, 0.05) is 25.3 Å². The zero-order valence-electron chi connectivity index (χ0n) is 10.0. The molecule has 3 nitrogen and oxygen atoms in total. The van der Waals surface area contributed by atoms with Crippen LogP contribution in [0.1, 0.15) is 30.5 Å². The van der Waals surface area contributed by atoms with E-state index in [1.807, 2.05) is 12.3 Å². The van der Waals surface area contributed by atoms with Crippen LogP contribution in [0, 0.1) is 6.92 Å². The lowest BCUT2D eigenvalue weighted by atomic mass is 10.0. The first-order chi connectivity index (χ1) is 7.81. The fourth-order valence-electron chi connectivity index (χ4n) is 2.41. The Labute approximate surface area is 97.7 Å². The molecule has 1 atom stereocenters. The molecule has 1 aromatic rings. The van der Waals surface area contributed by atoms with Crippen molar-refractivity contribution in [3.63, 3.8) is 0 Å². The van der Waals surface area contributed by atoms with Gasteiger partial charge in [-0.2, -0.15) is 0 Å². The lowest BCUT2D eigenvalue weighted by molar-refractivity contribution is 0.143. The van der Waals surface area contributed by atoms with Crippen LogP contribution in [0.5, 0.6) is 0 Å². The minimum Gasteiger partial charge on any atom is -0.329 e. The minimum atomic E-state index is 0.551. The quantitative estimate of drug-likeness (QED) is 0.841. The Balaban J connectivity index is 2.05. The number of rotatable bonds is 3. The molecular weight excluding hydrogens is 198 g/mol. The molecule has 0 bridgehead atoms. The molecule has 1 fully saturated rings. The lowest BCUT2D eigenvalue weighted by Gasteiger charge is -2.34. The van der Waals surface area contributed by atoms with Gasteiger partial charge in [0.1, 0.15) is 0 Å². The van der Waals surface area contributed by atoms with Crippen molar-refractivity contribution in [1.29, 1.82) is 0 Å². The number of hydrogen-bond donors (Lipinski definition) is 1. The Kier molecular flexibility index (Phi) is 3.91. The molecule has 0 radical (unpaired) electrons. The summed E-state index contributed by atoms with van der Waals surface area (Å²) < 4.78 is 0. The Hall–Kier alpha value is -0.930. The van der Waals surface area contributed by atoms with Crippen molar-refractivity contribution in [3.05, 3.63) is 29.6 Å². The molecule has 2 N–H and O–H groups in total. The molecule has 0 amide bonds. The average Bonchev–Trinajstić information content (AvgIpc) is 2.33. The Morgan fingerprint density at radius 1 is 1.50 bits per heavy atom. The lowest BCUT2D eigenvalue weighted by Crippen LogP contribution is -2.43. The van der Waals surface area contributed by atoms with Crippen LogP contribution in [-0.2, 0) is 6.54 Å². The number of hydrogen-bond acceptors (Lipinski definition) is 3. The van der Waals surface area contributed by atoms with Gasteiger partial charge in [0.2, 0.25) is 0 Å². The molecule has 1 aliphatic rings. The fourth-order valence-corrected chi connectivity index (χ4v) is 2.41. The van der Waals surface area contributed by atoms with Crippen LogP contribution in [0.15, 0.2) is 18.3 Å². The van der Waals surface area contributed by atoms with Gasteiger partial charge in [-0.25, -0.2) is 0 Å². The van der Waals surface area contributed by atoms with Gasteiger partial charge < -0.3 is 5.73 Å². The van der Waals surface area contributed by atoms with E-state index in [0.29, 0.717) is 6.04 Å². The van der Waals surface area contributed by atoms with Crippen LogP contribution in [0.2, 0.25) is 0 Å². The van der Waals surface area contributed by atoms with Crippen molar-refractivity contribution >= 4 is 0 Å². The number of aryl methyl sites for hydroxylation is 1. The number of aromatic nitrogens is 1. The van der Waals surface area contributed by atoms with Crippen LogP contribution in [-0.4, -0.2) is 29.0 Å². The third-order valence-electron chi connectivity index (χ3n) is 3.49. The van der Waals surface area contributed by atoms with Crippen LogP contribution in [0.3, 0.4) is 0 Å². The summed E-state index contributed by atoms with van der Waals surface area (Å²) in [6.45, 7) is 5.02. The third-order valence-corrected chi connectivity index (χ3v) is 3.49. The van der Waals surface area contributed by atoms with Gasteiger partial charge in [0.25, 0.3) is 0 Å². The first-order valence-electron chi connectivity index (χ1n) is 6.16. The molecule has 0 aliphatic carbocycles. The molecule has 1 aromatic heterocycles. The van der Waals surface area contributed by atoms with E-state index in [-0.39, 0.29) is 0 Å². The van der Waals surface area contributed by atoms with Gasteiger partial charge in [0.15, 0.2) is 0 Å². The Morgan fingerprint density at radius 3 is 3.12 bits per heavy atom. The molecule has 16 heavy (non-hydrogen) atoms. The van der Waals surface area contributed by atoms with E-state index in [9.17, 15) is 0 Å². The van der Waals surface area contributed by atoms with Crippen molar-refractivity contribution in [1.82, 2.24) is 9.88 Å². The number of nitrogens with zero attached hydrogens (tertiary/aromatic N) is 2. The first kappa shape index (κ1) is 11.6. The highest BCUT2D eigenvalue weighted by Gasteiger charge is 2.21. The second kappa shape index (κ2) is 5.41. The van der Waals surface area contributed by atoms with Gasteiger partial charge >= 0.3 is 0 Å². The topological polar surface area (TPSA) is 42.2 Å². The van der Waals surface area contributed by atoms with Crippen LogP contribution in [0.4, 0.5) is 0 Å². The van der Waals surface area contributed by atoms with Gasteiger partial charge in [-0.1, -0.05) is 12.5 Å². The largest absolute Gasteiger partial charge is 0.329 e. The van der Waals surface area contributed by atoms with E-state index in [2.05, 4.69) is 22.9 Å². The van der Waals surface area contributed by atoms with E-state index in [1.165, 1.54) is 30.5 Å². The number of nitrogens with two attached hydrogens (primary N) is 1. The van der Waals surface area contributed by atoms with E-state index in [1.54, 1.807) is 0 Å². The summed E-state index contributed by atoms with van der Waals surface area (Å²) in [6, 6.07) is 4.68.